The van der Waals surface area contributed by atoms with Gasteiger partial charge in [0.2, 0.25) is 0 Å². The highest BCUT2D eigenvalue weighted by Crippen LogP contribution is 2.21. The standard InChI is InChI=1S/C10H6BrNO2.C4H6O2/c11-7-1-3-8(4-2-7)12-9(13)5-6-10(12)14;1-3(2)4(5)6/h1-6H;1H2,2H3,(H,5,6). The molecule has 104 valence electrons. The molecule has 2 rings (SSSR count). The molecule has 0 saturated carbocycles. The number of aliphatic carboxylic acids is 1. The highest BCUT2D eigenvalue weighted by molar-refractivity contribution is 9.10. The number of amides is 2. The zero-order valence-electron chi connectivity index (χ0n) is 10.7. The summed E-state index contributed by atoms with van der Waals surface area (Å²) in [6, 6.07) is 7.00. The van der Waals surface area contributed by atoms with Crippen LogP contribution in [0.5, 0.6) is 0 Å². The molecule has 0 radical (unpaired) electrons. The summed E-state index contributed by atoms with van der Waals surface area (Å²) in [4.78, 5) is 33.3. The van der Waals surface area contributed by atoms with E-state index >= 15 is 0 Å². The molecule has 0 fully saturated rings. The molecule has 1 aliphatic rings. The van der Waals surface area contributed by atoms with E-state index in [0.29, 0.717) is 5.69 Å². The number of carbonyl (C=O) groups excluding carboxylic acids is 2. The van der Waals surface area contributed by atoms with Gasteiger partial charge >= 0.3 is 5.97 Å². The predicted molar refractivity (Wildman–Crippen MR) is 78.2 cm³/mol. The number of anilines is 1. The summed E-state index contributed by atoms with van der Waals surface area (Å²) in [5, 5.41) is 7.89. The maximum absolute atomic E-state index is 11.3. The van der Waals surface area contributed by atoms with Crippen molar-refractivity contribution in [3.8, 4) is 0 Å². The summed E-state index contributed by atoms with van der Waals surface area (Å²) >= 11 is 3.28. The topological polar surface area (TPSA) is 74.7 Å². The minimum absolute atomic E-state index is 0.176. The first-order valence-electron chi connectivity index (χ1n) is 5.53. The van der Waals surface area contributed by atoms with Gasteiger partial charge in [0.1, 0.15) is 0 Å². The first-order valence-corrected chi connectivity index (χ1v) is 6.32. The predicted octanol–water partition coefficient (Wildman–Crippen LogP) is 2.53. The lowest BCUT2D eigenvalue weighted by molar-refractivity contribution is -0.132. The van der Waals surface area contributed by atoms with E-state index in [0.717, 1.165) is 9.37 Å². The number of hydrogen-bond acceptors (Lipinski definition) is 3. The van der Waals surface area contributed by atoms with Crippen molar-refractivity contribution >= 4 is 39.4 Å². The lowest BCUT2D eigenvalue weighted by Crippen LogP contribution is -2.29. The minimum Gasteiger partial charge on any atom is -0.478 e. The summed E-state index contributed by atoms with van der Waals surface area (Å²) < 4.78 is 0.910. The normalized spacial score (nSPS) is 13.0. The van der Waals surface area contributed by atoms with E-state index in [2.05, 4.69) is 22.5 Å². The van der Waals surface area contributed by atoms with E-state index < -0.39 is 5.97 Å². The van der Waals surface area contributed by atoms with Gasteiger partial charge in [0.15, 0.2) is 0 Å². The Balaban J connectivity index is 0.000000286. The fourth-order valence-corrected chi connectivity index (χ4v) is 1.51. The Bertz CT molecular complexity index is 560. The van der Waals surface area contributed by atoms with Gasteiger partial charge in [0.25, 0.3) is 11.8 Å². The minimum atomic E-state index is -0.935. The average molecular weight is 338 g/mol. The quantitative estimate of drug-likeness (QED) is 0.664. The van der Waals surface area contributed by atoms with Crippen molar-refractivity contribution in [3.05, 3.63) is 53.0 Å². The van der Waals surface area contributed by atoms with Crippen molar-refractivity contribution in [3.63, 3.8) is 0 Å². The molecule has 1 heterocycles. The maximum Gasteiger partial charge on any atom is 0.330 e. The third kappa shape index (κ3) is 4.17. The van der Waals surface area contributed by atoms with Crippen LogP contribution in [0.4, 0.5) is 5.69 Å². The highest BCUT2D eigenvalue weighted by atomic mass is 79.9. The molecular weight excluding hydrogens is 326 g/mol. The van der Waals surface area contributed by atoms with Crippen LogP contribution < -0.4 is 4.90 Å². The fourth-order valence-electron chi connectivity index (χ4n) is 1.24. The Hall–Kier alpha value is -2.21. The Kier molecular flexibility index (Phi) is 5.40. The number of benzene rings is 1. The number of carbonyl (C=O) groups is 3. The van der Waals surface area contributed by atoms with Crippen LogP contribution in [0.15, 0.2) is 53.0 Å². The van der Waals surface area contributed by atoms with Crippen LogP contribution in [-0.2, 0) is 14.4 Å². The summed E-state index contributed by atoms with van der Waals surface area (Å²) in [6.07, 6.45) is 2.54. The molecular formula is C14H12BrNO4. The van der Waals surface area contributed by atoms with Gasteiger partial charge in [-0.25, -0.2) is 9.69 Å². The Morgan fingerprint density at radius 2 is 1.55 bits per heavy atom. The molecule has 0 spiro atoms. The van der Waals surface area contributed by atoms with Gasteiger partial charge in [-0.05, 0) is 31.2 Å². The van der Waals surface area contributed by atoms with Crippen LogP contribution in [0.25, 0.3) is 0 Å². The number of halogens is 1. The summed E-state index contributed by atoms with van der Waals surface area (Å²) in [6.45, 7) is 4.60. The Morgan fingerprint density at radius 3 is 1.90 bits per heavy atom. The third-order valence-corrected chi connectivity index (χ3v) is 2.79. The lowest BCUT2D eigenvalue weighted by Gasteiger charge is -2.13. The van der Waals surface area contributed by atoms with E-state index in [1.165, 1.54) is 19.1 Å². The van der Waals surface area contributed by atoms with E-state index in [1.54, 1.807) is 24.3 Å². The second-order valence-corrected chi connectivity index (χ2v) is 4.82. The first kappa shape index (κ1) is 15.8. The van der Waals surface area contributed by atoms with Crippen LogP contribution in [-0.4, -0.2) is 22.9 Å². The van der Waals surface area contributed by atoms with E-state index in [-0.39, 0.29) is 17.4 Å². The molecule has 1 aliphatic heterocycles. The molecule has 2 amide bonds. The van der Waals surface area contributed by atoms with Gasteiger partial charge in [-0.1, -0.05) is 22.5 Å². The van der Waals surface area contributed by atoms with Gasteiger partial charge in [0.05, 0.1) is 5.69 Å². The van der Waals surface area contributed by atoms with Crippen molar-refractivity contribution in [2.75, 3.05) is 4.90 Å². The van der Waals surface area contributed by atoms with Gasteiger partial charge in [0, 0.05) is 22.2 Å². The SMILES string of the molecule is C=C(C)C(=O)O.O=C1C=CC(=O)N1c1ccc(Br)cc1. The molecule has 0 unspecified atom stereocenters. The fraction of sp³-hybridized carbons (Fsp3) is 0.0714. The first-order chi connectivity index (χ1) is 9.32. The molecule has 0 saturated heterocycles. The summed E-state index contributed by atoms with van der Waals surface area (Å²) in [5.74, 6) is -1.52. The van der Waals surface area contributed by atoms with E-state index in [9.17, 15) is 14.4 Å². The van der Waals surface area contributed by atoms with Crippen LogP contribution in [0, 0.1) is 0 Å². The van der Waals surface area contributed by atoms with Crippen molar-refractivity contribution in [1.29, 1.82) is 0 Å². The highest BCUT2D eigenvalue weighted by Gasteiger charge is 2.24. The largest absolute Gasteiger partial charge is 0.478 e. The van der Waals surface area contributed by atoms with Crippen LogP contribution in [0.1, 0.15) is 6.92 Å². The number of carboxylic acid groups (broad SMARTS) is 1. The zero-order valence-corrected chi connectivity index (χ0v) is 12.3. The Labute approximate surface area is 124 Å². The van der Waals surface area contributed by atoms with Crippen LogP contribution >= 0.6 is 15.9 Å². The number of nitrogens with zero attached hydrogens (tertiary/aromatic N) is 1. The van der Waals surface area contributed by atoms with Crippen LogP contribution in [0.3, 0.4) is 0 Å². The smallest absolute Gasteiger partial charge is 0.330 e. The van der Waals surface area contributed by atoms with E-state index in [1.807, 2.05) is 0 Å². The van der Waals surface area contributed by atoms with E-state index in [4.69, 9.17) is 5.11 Å². The van der Waals surface area contributed by atoms with Crippen molar-refractivity contribution < 1.29 is 19.5 Å². The second-order valence-electron chi connectivity index (χ2n) is 3.91. The van der Waals surface area contributed by atoms with Gasteiger partial charge in [-0.15, -0.1) is 0 Å². The maximum atomic E-state index is 11.3. The number of rotatable bonds is 2. The Morgan fingerprint density at radius 1 is 1.15 bits per heavy atom. The van der Waals surface area contributed by atoms with Gasteiger partial charge < -0.3 is 5.11 Å². The van der Waals surface area contributed by atoms with Crippen molar-refractivity contribution in [1.82, 2.24) is 0 Å². The second kappa shape index (κ2) is 6.81. The average Bonchev–Trinajstić information content (AvgIpc) is 2.71. The van der Waals surface area contributed by atoms with Crippen molar-refractivity contribution in [2.45, 2.75) is 6.92 Å². The molecule has 0 aromatic heterocycles. The number of hydrogen-bond donors (Lipinski definition) is 1. The van der Waals surface area contributed by atoms with Crippen LogP contribution in [0.2, 0.25) is 0 Å². The molecule has 6 heteroatoms. The molecule has 1 aromatic rings. The third-order valence-electron chi connectivity index (χ3n) is 2.26. The summed E-state index contributed by atoms with van der Waals surface area (Å²) in [7, 11) is 0. The molecule has 0 bridgehead atoms. The molecule has 0 atom stereocenters. The zero-order chi connectivity index (χ0) is 15.3. The van der Waals surface area contributed by atoms with Crippen molar-refractivity contribution in [2.24, 2.45) is 0 Å². The molecule has 20 heavy (non-hydrogen) atoms. The molecule has 5 nitrogen and oxygen atoms in total. The molecule has 0 aliphatic carbocycles. The summed E-state index contributed by atoms with van der Waals surface area (Å²) in [5.41, 5.74) is 0.767. The van der Waals surface area contributed by atoms with Gasteiger partial charge in [-0.2, -0.15) is 0 Å². The molecule has 1 aromatic carbocycles. The monoisotopic (exact) mass is 337 g/mol. The van der Waals surface area contributed by atoms with Gasteiger partial charge in [-0.3, -0.25) is 9.59 Å². The number of imide groups is 1. The number of carboxylic acids is 1. The molecule has 1 N–H and O–H groups in total. The lowest BCUT2D eigenvalue weighted by atomic mass is 10.3.